The van der Waals surface area contributed by atoms with Crippen LogP contribution in [0.1, 0.15) is 18.4 Å². The van der Waals surface area contributed by atoms with Crippen LogP contribution in [0.5, 0.6) is 0 Å². The van der Waals surface area contributed by atoms with E-state index in [-0.39, 0.29) is 11.6 Å². The summed E-state index contributed by atoms with van der Waals surface area (Å²) in [5.74, 6) is -0.637. The molecule has 5 heteroatoms. The van der Waals surface area contributed by atoms with Gasteiger partial charge in [0.25, 0.3) is 0 Å². The normalized spacial score (nSPS) is 23.1. The zero-order valence-electron chi connectivity index (χ0n) is 10.7. The highest BCUT2D eigenvalue weighted by molar-refractivity contribution is 6.31. The van der Waals surface area contributed by atoms with Gasteiger partial charge >= 0.3 is 0 Å². The van der Waals surface area contributed by atoms with E-state index in [1.54, 1.807) is 6.07 Å². The summed E-state index contributed by atoms with van der Waals surface area (Å²) < 4.78 is 24.4. The fraction of sp³-hybridized carbons (Fsp3) is 0.571. The van der Waals surface area contributed by atoms with E-state index in [9.17, 15) is 4.39 Å². The summed E-state index contributed by atoms with van der Waals surface area (Å²) in [6.07, 6.45) is 1.76. The lowest BCUT2D eigenvalue weighted by Gasteiger charge is -2.37. The molecule has 3 rings (SSSR count). The molecule has 0 atom stereocenters. The highest BCUT2D eigenvalue weighted by Gasteiger charge is 2.39. The van der Waals surface area contributed by atoms with Crippen molar-refractivity contribution in [1.82, 2.24) is 4.90 Å². The fourth-order valence-corrected chi connectivity index (χ4v) is 2.96. The second-order valence-electron chi connectivity index (χ2n) is 5.12. The predicted octanol–water partition coefficient (Wildman–Crippen LogP) is 2.82. The molecule has 3 nitrogen and oxygen atoms in total. The Morgan fingerprint density at radius 1 is 1.21 bits per heavy atom. The van der Waals surface area contributed by atoms with Gasteiger partial charge in [0.2, 0.25) is 0 Å². The minimum absolute atomic E-state index is 0.292. The molecule has 1 spiro atoms. The van der Waals surface area contributed by atoms with E-state index in [1.807, 2.05) is 0 Å². The van der Waals surface area contributed by atoms with Gasteiger partial charge in [-0.25, -0.2) is 4.39 Å². The van der Waals surface area contributed by atoms with E-state index in [2.05, 4.69) is 4.90 Å². The van der Waals surface area contributed by atoms with Gasteiger partial charge in [-0.1, -0.05) is 17.7 Å². The van der Waals surface area contributed by atoms with Gasteiger partial charge in [0.1, 0.15) is 5.82 Å². The minimum atomic E-state index is -0.344. The van der Waals surface area contributed by atoms with Gasteiger partial charge < -0.3 is 9.47 Å². The van der Waals surface area contributed by atoms with Crippen molar-refractivity contribution >= 4 is 11.6 Å². The van der Waals surface area contributed by atoms with Gasteiger partial charge in [-0.3, -0.25) is 4.90 Å². The molecule has 2 aliphatic heterocycles. The molecule has 2 fully saturated rings. The number of benzene rings is 1. The molecule has 0 aliphatic carbocycles. The molecular weight excluding hydrogens is 269 g/mol. The van der Waals surface area contributed by atoms with Crippen LogP contribution in [0.3, 0.4) is 0 Å². The van der Waals surface area contributed by atoms with Crippen LogP contribution in [0.4, 0.5) is 4.39 Å². The maximum atomic E-state index is 13.0. The number of hydrogen-bond acceptors (Lipinski definition) is 3. The smallest absolute Gasteiger partial charge is 0.170 e. The van der Waals surface area contributed by atoms with Crippen molar-refractivity contribution in [3.63, 3.8) is 0 Å². The minimum Gasteiger partial charge on any atom is -0.347 e. The molecule has 0 N–H and O–H groups in total. The number of hydrogen-bond donors (Lipinski definition) is 0. The fourth-order valence-electron chi connectivity index (χ4n) is 2.73. The van der Waals surface area contributed by atoms with Crippen molar-refractivity contribution < 1.29 is 13.9 Å². The molecule has 0 amide bonds. The second kappa shape index (κ2) is 5.37. The average molecular weight is 286 g/mol. The molecule has 1 aromatic rings. The second-order valence-corrected chi connectivity index (χ2v) is 5.53. The lowest BCUT2D eigenvalue weighted by molar-refractivity contribution is -0.185. The van der Waals surface area contributed by atoms with E-state index in [4.69, 9.17) is 21.1 Å². The SMILES string of the molecule is Fc1ccc(CN2CCC3(CC2)OCCO3)c(Cl)c1. The number of piperidine rings is 1. The highest BCUT2D eigenvalue weighted by Crippen LogP contribution is 2.32. The van der Waals surface area contributed by atoms with Gasteiger partial charge in [-0.2, -0.15) is 0 Å². The summed E-state index contributed by atoms with van der Waals surface area (Å²) in [4.78, 5) is 2.30. The Labute approximate surface area is 117 Å². The lowest BCUT2D eigenvalue weighted by atomic mass is 10.0. The van der Waals surface area contributed by atoms with Crippen molar-refractivity contribution in [3.05, 3.63) is 34.6 Å². The largest absolute Gasteiger partial charge is 0.347 e. The maximum absolute atomic E-state index is 13.0. The Hall–Kier alpha value is -0.680. The van der Waals surface area contributed by atoms with Gasteiger partial charge in [0, 0.05) is 37.5 Å². The first kappa shape index (κ1) is 13.3. The van der Waals surface area contributed by atoms with Crippen molar-refractivity contribution in [1.29, 1.82) is 0 Å². The number of rotatable bonds is 2. The summed E-state index contributed by atoms with van der Waals surface area (Å²) in [7, 11) is 0. The molecule has 19 heavy (non-hydrogen) atoms. The summed E-state index contributed by atoms with van der Waals surface area (Å²) in [5.41, 5.74) is 0.965. The first-order chi connectivity index (χ1) is 9.17. The van der Waals surface area contributed by atoms with Crippen molar-refractivity contribution in [2.75, 3.05) is 26.3 Å². The molecule has 104 valence electrons. The molecule has 2 heterocycles. The van der Waals surface area contributed by atoms with Crippen molar-refractivity contribution in [3.8, 4) is 0 Å². The Bertz CT molecular complexity index is 453. The molecule has 0 unspecified atom stereocenters. The van der Waals surface area contributed by atoms with E-state index in [0.717, 1.165) is 38.0 Å². The molecule has 2 saturated heterocycles. The Morgan fingerprint density at radius 2 is 1.89 bits per heavy atom. The Balaban J connectivity index is 1.60. The molecule has 0 aromatic heterocycles. The summed E-state index contributed by atoms with van der Waals surface area (Å²) in [6, 6.07) is 4.58. The zero-order chi connectivity index (χ0) is 13.3. The first-order valence-corrected chi connectivity index (χ1v) is 6.99. The van der Waals surface area contributed by atoms with Crippen LogP contribution in [0.2, 0.25) is 5.02 Å². The Kier molecular flexibility index (Phi) is 3.76. The van der Waals surface area contributed by atoms with Crippen LogP contribution >= 0.6 is 11.6 Å². The maximum Gasteiger partial charge on any atom is 0.170 e. The van der Waals surface area contributed by atoms with Crippen LogP contribution in [0.25, 0.3) is 0 Å². The quantitative estimate of drug-likeness (QED) is 0.834. The van der Waals surface area contributed by atoms with E-state index >= 15 is 0 Å². The number of ether oxygens (including phenoxy) is 2. The van der Waals surface area contributed by atoms with Crippen LogP contribution in [-0.2, 0) is 16.0 Å². The van der Waals surface area contributed by atoms with Crippen LogP contribution in [0.15, 0.2) is 18.2 Å². The van der Waals surface area contributed by atoms with Gasteiger partial charge in [-0.15, -0.1) is 0 Å². The molecule has 0 bridgehead atoms. The van der Waals surface area contributed by atoms with E-state index in [1.165, 1.54) is 12.1 Å². The molecular formula is C14H17ClFNO2. The standard InChI is InChI=1S/C14H17ClFNO2/c15-13-9-12(16)2-1-11(13)10-17-5-3-14(4-6-17)18-7-8-19-14/h1-2,9H,3-8,10H2. The molecule has 1 aromatic carbocycles. The first-order valence-electron chi connectivity index (χ1n) is 6.61. The number of halogens is 2. The van der Waals surface area contributed by atoms with E-state index in [0.29, 0.717) is 18.2 Å². The summed E-state index contributed by atoms with van der Waals surface area (Å²) in [6.45, 7) is 3.96. The predicted molar refractivity (Wildman–Crippen MR) is 70.6 cm³/mol. The van der Waals surface area contributed by atoms with Crippen LogP contribution in [0, 0.1) is 5.82 Å². The van der Waals surface area contributed by atoms with Crippen LogP contribution in [-0.4, -0.2) is 37.0 Å². The third-order valence-corrected chi connectivity index (χ3v) is 4.19. The lowest BCUT2D eigenvalue weighted by Crippen LogP contribution is -2.44. The zero-order valence-corrected chi connectivity index (χ0v) is 11.5. The van der Waals surface area contributed by atoms with Gasteiger partial charge in [0.05, 0.1) is 13.2 Å². The average Bonchev–Trinajstić information content (AvgIpc) is 2.84. The molecule has 0 saturated carbocycles. The number of nitrogens with zero attached hydrogens (tertiary/aromatic N) is 1. The van der Waals surface area contributed by atoms with Crippen molar-refractivity contribution in [2.45, 2.75) is 25.2 Å². The third-order valence-electron chi connectivity index (χ3n) is 3.84. The van der Waals surface area contributed by atoms with Gasteiger partial charge in [0.15, 0.2) is 5.79 Å². The topological polar surface area (TPSA) is 21.7 Å². The molecule has 0 radical (unpaired) electrons. The van der Waals surface area contributed by atoms with E-state index < -0.39 is 0 Å². The Morgan fingerprint density at radius 3 is 2.53 bits per heavy atom. The monoisotopic (exact) mass is 285 g/mol. The summed E-state index contributed by atoms with van der Waals surface area (Å²) in [5, 5.41) is 0.494. The van der Waals surface area contributed by atoms with Crippen molar-refractivity contribution in [2.24, 2.45) is 0 Å². The third kappa shape index (κ3) is 2.92. The number of likely N-dealkylation sites (tertiary alicyclic amines) is 1. The van der Waals surface area contributed by atoms with Crippen LogP contribution < -0.4 is 0 Å². The highest BCUT2D eigenvalue weighted by atomic mass is 35.5. The molecule has 2 aliphatic rings. The van der Waals surface area contributed by atoms with Gasteiger partial charge in [-0.05, 0) is 17.7 Å². The summed E-state index contributed by atoms with van der Waals surface area (Å²) >= 11 is 6.05.